The first kappa shape index (κ1) is 13.9. The van der Waals surface area contributed by atoms with Crippen LogP contribution in [-0.4, -0.2) is 26.9 Å². The first-order valence-corrected chi connectivity index (χ1v) is 5.83. The maximum atomic E-state index is 13.6. The number of nitrogens with one attached hydrogen (secondary N) is 1. The van der Waals surface area contributed by atoms with E-state index >= 15 is 0 Å². The van der Waals surface area contributed by atoms with E-state index in [4.69, 9.17) is 9.47 Å². The first-order chi connectivity index (χ1) is 8.19. The molecule has 0 aromatic heterocycles. The Morgan fingerprint density at radius 1 is 1.41 bits per heavy atom. The van der Waals surface area contributed by atoms with Gasteiger partial charge in [-0.2, -0.15) is 0 Å². The summed E-state index contributed by atoms with van der Waals surface area (Å²) in [5.74, 6) is -0.00918. The van der Waals surface area contributed by atoms with Gasteiger partial charge in [-0.25, -0.2) is 4.39 Å². The van der Waals surface area contributed by atoms with E-state index in [-0.39, 0.29) is 11.9 Å². The van der Waals surface area contributed by atoms with Crippen molar-refractivity contribution in [3.05, 3.63) is 29.6 Å². The Kier molecular flexibility index (Phi) is 5.94. The van der Waals surface area contributed by atoms with Crippen molar-refractivity contribution >= 4 is 0 Å². The van der Waals surface area contributed by atoms with Crippen LogP contribution < -0.4 is 10.1 Å². The Hall–Kier alpha value is -1.13. The molecule has 3 nitrogen and oxygen atoms in total. The lowest BCUT2D eigenvalue weighted by atomic mass is 10.1. The third-order valence-corrected chi connectivity index (χ3v) is 2.51. The number of benzene rings is 1. The van der Waals surface area contributed by atoms with Crippen LogP contribution in [0.1, 0.15) is 25.5 Å². The summed E-state index contributed by atoms with van der Waals surface area (Å²) in [5, 5.41) is 3.25. The summed E-state index contributed by atoms with van der Waals surface area (Å²) in [6, 6.07) is 5.15. The molecule has 1 rings (SSSR count). The highest BCUT2D eigenvalue weighted by Crippen LogP contribution is 2.21. The fourth-order valence-corrected chi connectivity index (χ4v) is 1.55. The number of ether oxygens (including phenoxy) is 2. The summed E-state index contributed by atoms with van der Waals surface area (Å²) < 4.78 is 23.7. The van der Waals surface area contributed by atoms with Crippen LogP contribution in [0.15, 0.2) is 18.2 Å². The van der Waals surface area contributed by atoms with E-state index in [9.17, 15) is 4.39 Å². The van der Waals surface area contributed by atoms with Crippen LogP contribution >= 0.6 is 0 Å². The van der Waals surface area contributed by atoms with E-state index in [0.29, 0.717) is 19.0 Å². The second-order valence-electron chi connectivity index (χ2n) is 3.79. The van der Waals surface area contributed by atoms with E-state index in [1.165, 1.54) is 6.07 Å². The second kappa shape index (κ2) is 7.25. The molecule has 0 amide bonds. The van der Waals surface area contributed by atoms with E-state index in [2.05, 4.69) is 5.32 Å². The van der Waals surface area contributed by atoms with Crippen molar-refractivity contribution < 1.29 is 13.9 Å². The molecule has 0 aliphatic heterocycles. The van der Waals surface area contributed by atoms with Crippen LogP contribution in [0.4, 0.5) is 4.39 Å². The highest BCUT2D eigenvalue weighted by atomic mass is 19.1. The molecule has 0 saturated carbocycles. The standard InChI is InChI=1S/C13H20FNO2/c1-4-17-13-6-5-11(9-12(13)14)10(2)15-7-8-16-3/h5-6,9-10,15H,4,7-8H2,1-3H3/t10-/m0/s1. The average molecular weight is 241 g/mol. The van der Waals surface area contributed by atoms with Gasteiger partial charge in [0.05, 0.1) is 13.2 Å². The van der Waals surface area contributed by atoms with Crippen LogP contribution in [0.3, 0.4) is 0 Å². The van der Waals surface area contributed by atoms with Crippen LogP contribution in [0.2, 0.25) is 0 Å². The van der Waals surface area contributed by atoms with Gasteiger partial charge in [-0.05, 0) is 31.5 Å². The maximum absolute atomic E-state index is 13.6. The van der Waals surface area contributed by atoms with Crippen molar-refractivity contribution in [1.29, 1.82) is 0 Å². The van der Waals surface area contributed by atoms with Crippen LogP contribution in [0.25, 0.3) is 0 Å². The van der Waals surface area contributed by atoms with E-state index in [1.807, 2.05) is 19.9 Å². The van der Waals surface area contributed by atoms with Crippen LogP contribution in [0.5, 0.6) is 5.75 Å². The molecule has 0 aliphatic carbocycles. The predicted octanol–water partition coefficient (Wildman–Crippen LogP) is 2.52. The molecule has 0 radical (unpaired) electrons. The van der Waals surface area contributed by atoms with Gasteiger partial charge in [0.2, 0.25) is 0 Å². The zero-order valence-corrected chi connectivity index (χ0v) is 10.6. The molecule has 1 atom stereocenters. The second-order valence-corrected chi connectivity index (χ2v) is 3.79. The van der Waals surface area contributed by atoms with E-state index in [1.54, 1.807) is 13.2 Å². The number of halogens is 1. The monoisotopic (exact) mass is 241 g/mol. The molecule has 0 spiro atoms. The van der Waals surface area contributed by atoms with Gasteiger partial charge >= 0.3 is 0 Å². The molecule has 4 heteroatoms. The maximum Gasteiger partial charge on any atom is 0.165 e. The normalized spacial score (nSPS) is 12.5. The Balaban J connectivity index is 2.62. The van der Waals surface area contributed by atoms with Crippen molar-refractivity contribution in [3.8, 4) is 5.75 Å². The summed E-state index contributed by atoms with van der Waals surface area (Å²) in [4.78, 5) is 0. The van der Waals surface area contributed by atoms with Gasteiger partial charge in [0.25, 0.3) is 0 Å². The Morgan fingerprint density at radius 2 is 2.18 bits per heavy atom. The Bertz CT molecular complexity index is 344. The third-order valence-electron chi connectivity index (χ3n) is 2.51. The lowest BCUT2D eigenvalue weighted by Gasteiger charge is -2.15. The SMILES string of the molecule is CCOc1ccc([C@H](C)NCCOC)cc1F. The van der Waals surface area contributed by atoms with Crippen LogP contribution in [-0.2, 0) is 4.74 Å². The number of hydrogen-bond donors (Lipinski definition) is 1. The molecule has 1 aromatic carbocycles. The van der Waals surface area contributed by atoms with Crippen molar-refractivity contribution in [3.63, 3.8) is 0 Å². The van der Waals surface area contributed by atoms with Gasteiger partial charge in [-0.1, -0.05) is 6.07 Å². The number of hydrogen-bond acceptors (Lipinski definition) is 3. The number of methoxy groups -OCH3 is 1. The largest absolute Gasteiger partial charge is 0.491 e. The lowest BCUT2D eigenvalue weighted by molar-refractivity contribution is 0.196. The quantitative estimate of drug-likeness (QED) is 0.744. The molecule has 0 aliphatic rings. The summed E-state index contributed by atoms with van der Waals surface area (Å²) in [5.41, 5.74) is 0.905. The predicted molar refractivity (Wildman–Crippen MR) is 65.9 cm³/mol. The van der Waals surface area contributed by atoms with Gasteiger partial charge in [0.1, 0.15) is 0 Å². The first-order valence-electron chi connectivity index (χ1n) is 5.83. The Labute approximate surface area is 102 Å². The molecule has 0 fully saturated rings. The highest BCUT2D eigenvalue weighted by Gasteiger charge is 2.09. The smallest absolute Gasteiger partial charge is 0.165 e. The summed E-state index contributed by atoms with van der Waals surface area (Å²) in [7, 11) is 1.66. The zero-order valence-electron chi connectivity index (χ0n) is 10.6. The third kappa shape index (κ3) is 4.32. The van der Waals surface area contributed by atoms with Crippen molar-refractivity contribution in [1.82, 2.24) is 5.32 Å². The minimum atomic E-state index is -0.315. The van der Waals surface area contributed by atoms with Crippen LogP contribution in [0, 0.1) is 5.82 Å². The van der Waals surface area contributed by atoms with E-state index in [0.717, 1.165) is 12.1 Å². The average Bonchev–Trinajstić information content (AvgIpc) is 2.32. The molecule has 1 aromatic rings. The summed E-state index contributed by atoms with van der Waals surface area (Å²) >= 11 is 0. The molecular weight excluding hydrogens is 221 g/mol. The molecule has 0 unspecified atom stereocenters. The molecule has 0 bridgehead atoms. The summed E-state index contributed by atoms with van der Waals surface area (Å²) in [6.07, 6.45) is 0. The van der Waals surface area contributed by atoms with Crippen molar-refractivity contribution in [2.45, 2.75) is 19.9 Å². The van der Waals surface area contributed by atoms with Crippen molar-refractivity contribution in [2.75, 3.05) is 26.9 Å². The zero-order chi connectivity index (χ0) is 12.7. The van der Waals surface area contributed by atoms with Gasteiger partial charge in [-0.15, -0.1) is 0 Å². The summed E-state index contributed by atoms with van der Waals surface area (Å²) in [6.45, 7) is 5.68. The molecule has 17 heavy (non-hydrogen) atoms. The van der Waals surface area contributed by atoms with Gasteiger partial charge in [0, 0.05) is 19.7 Å². The van der Waals surface area contributed by atoms with Crippen molar-refractivity contribution in [2.24, 2.45) is 0 Å². The van der Waals surface area contributed by atoms with Gasteiger partial charge < -0.3 is 14.8 Å². The molecule has 1 N–H and O–H groups in total. The molecule has 96 valence electrons. The number of rotatable bonds is 7. The van der Waals surface area contributed by atoms with Gasteiger partial charge in [0.15, 0.2) is 11.6 Å². The topological polar surface area (TPSA) is 30.5 Å². The fourth-order valence-electron chi connectivity index (χ4n) is 1.55. The highest BCUT2D eigenvalue weighted by molar-refractivity contribution is 5.30. The minimum absolute atomic E-state index is 0.0929. The Morgan fingerprint density at radius 3 is 2.76 bits per heavy atom. The molecular formula is C13H20FNO2. The fraction of sp³-hybridized carbons (Fsp3) is 0.538. The van der Waals surface area contributed by atoms with Gasteiger partial charge in [-0.3, -0.25) is 0 Å². The van der Waals surface area contributed by atoms with E-state index < -0.39 is 0 Å². The lowest BCUT2D eigenvalue weighted by Crippen LogP contribution is -2.22. The molecule has 0 heterocycles. The molecule has 0 saturated heterocycles. The minimum Gasteiger partial charge on any atom is -0.491 e.